The number of halogens is 1. The van der Waals surface area contributed by atoms with Crippen LogP contribution in [-0.4, -0.2) is 38.1 Å². The molecule has 0 saturated carbocycles. The Morgan fingerprint density at radius 2 is 1.85 bits per heavy atom. The van der Waals surface area contributed by atoms with Crippen LogP contribution in [0.5, 0.6) is 0 Å². The van der Waals surface area contributed by atoms with Crippen LogP contribution in [0.2, 0.25) is 5.02 Å². The number of amides is 1. The number of nitrogens with one attached hydrogen (secondary N) is 1. The lowest BCUT2D eigenvalue weighted by Crippen LogP contribution is -2.14. The van der Waals surface area contributed by atoms with Gasteiger partial charge >= 0.3 is 0 Å². The van der Waals surface area contributed by atoms with Crippen molar-refractivity contribution < 1.29 is 9.90 Å². The van der Waals surface area contributed by atoms with Gasteiger partial charge in [0, 0.05) is 29.4 Å². The Kier molecular flexibility index (Phi) is 6.86. The normalized spacial score (nSPS) is 10.7. The Hall–Kier alpha value is -2.35. The highest BCUT2D eigenvalue weighted by atomic mass is 35.5. The molecule has 1 aromatic heterocycles. The number of aliphatic hydroxyl groups excluding tert-OH is 1. The van der Waals surface area contributed by atoms with Crippen LogP contribution in [0.3, 0.4) is 0 Å². The molecule has 0 aliphatic carbocycles. The predicted octanol–water partition coefficient (Wildman–Crippen LogP) is 3.58. The maximum Gasteiger partial charge on any atom is 0.234 e. The third kappa shape index (κ3) is 5.32. The van der Waals surface area contributed by atoms with E-state index in [0.29, 0.717) is 28.7 Å². The van der Waals surface area contributed by atoms with Crippen LogP contribution >= 0.6 is 23.4 Å². The second-order valence-corrected chi connectivity index (χ2v) is 7.12. The van der Waals surface area contributed by atoms with E-state index >= 15 is 0 Å². The first-order valence-corrected chi connectivity index (χ1v) is 9.82. The fraction of sp³-hybridized carbons (Fsp3) is 0.211. The molecule has 1 heterocycles. The number of aryl methyl sites for hydroxylation is 1. The highest BCUT2D eigenvalue weighted by Crippen LogP contribution is 2.23. The van der Waals surface area contributed by atoms with Crippen molar-refractivity contribution in [1.82, 2.24) is 14.8 Å². The largest absolute Gasteiger partial charge is 0.396 e. The van der Waals surface area contributed by atoms with E-state index in [4.69, 9.17) is 16.7 Å². The van der Waals surface area contributed by atoms with Crippen LogP contribution in [0.15, 0.2) is 59.8 Å². The van der Waals surface area contributed by atoms with E-state index in [1.807, 2.05) is 34.9 Å². The van der Waals surface area contributed by atoms with Gasteiger partial charge in [-0.1, -0.05) is 41.6 Å². The molecule has 0 atom stereocenters. The number of aromatic nitrogens is 3. The Bertz CT molecular complexity index is 884. The number of hydrogen-bond donors (Lipinski definition) is 2. The van der Waals surface area contributed by atoms with Crippen molar-refractivity contribution in [3.05, 3.63) is 65.4 Å². The zero-order valence-corrected chi connectivity index (χ0v) is 16.1. The summed E-state index contributed by atoms with van der Waals surface area (Å²) in [7, 11) is 0. The van der Waals surface area contributed by atoms with Crippen molar-refractivity contribution in [2.24, 2.45) is 0 Å². The second kappa shape index (κ2) is 9.55. The molecule has 3 rings (SSSR count). The topological polar surface area (TPSA) is 80.0 Å². The standard InChI is InChI=1S/C19H19ClN4O2S/c20-14-8-10-15(11-9-14)21-18(26)13-27-19-23-22-17(7-4-12-25)24(19)16-5-2-1-3-6-16/h1-3,5-6,8-11,25H,4,7,12-13H2,(H,21,26). The first kappa shape index (κ1) is 19.4. The first-order chi connectivity index (χ1) is 13.2. The second-order valence-electron chi connectivity index (χ2n) is 5.74. The average molecular weight is 403 g/mol. The highest BCUT2D eigenvalue weighted by molar-refractivity contribution is 7.99. The number of thioether (sulfide) groups is 1. The zero-order valence-electron chi connectivity index (χ0n) is 14.5. The molecule has 0 saturated heterocycles. The van der Waals surface area contributed by atoms with Gasteiger partial charge in [-0.05, 0) is 42.8 Å². The van der Waals surface area contributed by atoms with Gasteiger partial charge < -0.3 is 10.4 Å². The van der Waals surface area contributed by atoms with E-state index in [2.05, 4.69) is 15.5 Å². The van der Waals surface area contributed by atoms with Crippen molar-refractivity contribution in [2.75, 3.05) is 17.7 Å². The SMILES string of the molecule is O=C(CSc1nnc(CCCO)n1-c1ccccc1)Nc1ccc(Cl)cc1. The van der Waals surface area contributed by atoms with E-state index < -0.39 is 0 Å². The third-order valence-electron chi connectivity index (χ3n) is 3.73. The van der Waals surface area contributed by atoms with E-state index in [0.717, 1.165) is 11.5 Å². The number of rotatable bonds is 8. The van der Waals surface area contributed by atoms with Gasteiger partial charge in [0.1, 0.15) is 5.82 Å². The molecule has 0 radical (unpaired) electrons. The van der Waals surface area contributed by atoms with Gasteiger partial charge in [0.15, 0.2) is 5.16 Å². The summed E-state index contributed by atoms with van der Waals surface area (Å²) >= 11 is 7.17. The van der Waals surface area contributed by atoms with Crippen LogP contribution in [0.25, 0.3) is 5.69 Å². The molecule has 0 unspecified atom stereocenters. The molecular weight excluding hydrogens is 384 g/mol. The van der Waals surface area contributed by atoms with Gasteiger partial charge in [0.2, 0.25) is 5.91 Å². The van der Waals surface area contributed by atoms with Crippen LogP contribution in [0.1, 0.15) is 12.2 Å². The van der Waals surface area contributed by atoms with E-state index in [-0.39, 0.29) is 18.3 Å². The minimum Gasteiger partial charge on any atom is -0.396 e. The maximum absolute atomic E-state index is 12.2. The summed E-state index contributed by atoms with van der Waals surface area (Å²) in [6, 6.07) is 16.7. The van der Waals surface area contributed by atoms with Crippen molar-refractivity contribution in [2.45, 2.75) is 18.0 Å². The molecule has 0 fully saturated rings. The summed E-state index contributed by atoms with van der Waals surface area (Å²) in [4.78, 5) is 12.2. The predicted molar refractivity (Wildman–Crippen MR) is 108 cm³/mol. The molecule has 8 heteroatoms. The van der Waals surface area contributed by atoms with Gasteiger partial charge in [0.05, 0.1) is 5.75 Å². The van der Waals surface area contributed by atoms with E-state index in [1.165, 1.54) is 11.8 Å². The van der Waals surface area contributed by atoms with Crippen molar-refractivity contribution >= 4 is 35.0 Å². The Morgan fingerprint density at radius 1 is 1.11 bits per heavy atom. The van der Waals surface area contributed by atoms with E-state index in [9.17, 15) is 4.79 Å². The molecule has 140 valence electrons. The molecule has 3 aromatic rings. The quantitative estimate of drug-likeness (QED) is 0.563. The molecule has 0 spiro atoms. The molecular formula is C19H19ClN4O2S. The summed E-state index contributed by atoms with van der Waals surface area (Å²) in [5, 5.41) is 21.7. The lowest BCUT2D eigenvalue weighted by atomic mass is 10.3. The maximum atomic E-state index is 12.2. The van der Waals surface area contributed by atoms with Crippen LogP contribution in [0.4, 0.5) is 5.69 Å². The Balaban J connectivity index is 1.71. The summed E-state index contributed by atoms with van der Waals surface area (Å²) < 4.78 is 1.93. The Labute approximate surface area is 166 Å². The fourth-order valence-electron chi connectivity index (χ4n) is 2.49. The third-order valence-corrected chi connectivity index (χ3v) is 4.91. The number of anilines is 1. The number of hydrogen-bond acceptors (Lipinski definition) is 5. The number of carbonyl (C=O) groups excluding carboxylic acids is 1. The van der Waals surface area contributed by atoms with Crippen LogP contribution < -0.4 is 5.32 Å². The Morgan fingerprint density at radius 3 is 2.56 bits per heavy atom. The fourth-order valence-corrected chi connectivity index (χ4v) is 3.39. The summed E-state index contributed by atoms with van der Waals surface area (Å²) in [5.74, 6) is 0.825. The molecule has 1 amide bonds. The van der Waals surface area contributed by atoms with Crippen LogP contribution in [-0.2, 0) is 11.2 Å². The number of para-hydroxylation sites is 1. The van der Waals surface area contributed by atoms with Gasteiger partial charge in [-0.15, -0.1) is 10.2 Å². The minimum absolute atomic E-state index is 0.0909. The molecule has 27 heavy (non-hydrogen) atoms. The smallest absolute Gasteiger partial charge is 0.234 e. The van der Waals surface area contributed by atoms with Gasteiger partial charge in [-0.3, -0.25) is 9.36 Å². The summed E-state index contributed by atoms with van der Waals surface area (Å²) in [6.07, 6.45) is 1.21. The number of carbonyl (C=O) groups is 1. The van der Waals surface area contributed by atoms with E-state index in [1.54, 1.807) is 24.3 Å². The average Bonchev–Trinajstić information content (AvgIpc) is 3.10. The molecule has 0 aliphatic heterocycles. The number of aliphatic hydroxyl groups is 1. The molecule has 2 aromatic carbocycles. The molecule has 2 N–H and O–H groups in total. The highest BCUT2D eigenvalue weighted by Gasteiger charge is 2.15. The number of nitrogens with zero attached hydrogens (tertiary/aromatic N) is 3. The lowest BCUT2D eigenvalue weighted by molar-refractivity contribution is -0.113. The van der Waals surface area contributed by atoms with Crippen molar-refractivity contribution in [3.63, 3.8) is 0 Å². The minimum atomic E-state index is -0.137. The molecule has 0 aliphatic rings. The zero-order chi connectivity index (χ0) is 19.1. The molecule has 6 nitrogen and oxygen atoms in total. The van der Waals surface area contributed by atoms with Gasteiger partial charge in [-0.25, -0.2) is 0 Å². The van der Waals surface area contributed by atoms with Crippen molar-refractivity contribution in [3.8, 4) is 5.69 Å². The monoisotopic (exact) mass is 402 g/mol. The lowest BCUT2D eigenvalue weighted by Gasteiger charge is -2.10. The van der Waals surface area contributed by atoms with Gasteiger partial charge in [0.25, 0.3) is 0 Å². The summed E-state index contributed by atoms with van der Waals surface area (Å²) in [6.45, 7) is 0.0909. The molecule has 0 bridgehead atoms. The summed E-state index contributed by atoms with van der Waals surface area (Å²) in [5.41, 5.74) is 1.62. The first-order valence-electron chi connectivity index (χ1n) is 8.46. The number of benzene rings is 2. The van der Waals surface area contributed by atoms with Crippen LogP contribution in [0, 0.1) is 0 Å². The van der Waals surface area contributed by atoms with Gasteiger partial charge in [-0.2, -0.15) is 0 Å². The van der Waals surface area contributed by atoms with Crippen molar-refractivity contribution in [1.29, 1.82) is 0 Å².